The van der Waals surface area contributed by atoms with E-state index in [1.54, 1.807) is 29.8 Å². The van der Waals surface area contributed by atoms with Crippen LogP contribution in [0.1, 0.15) is 46.1 Å². The number of carbonyl (C=O) groups excluding carboxylic acids is 2. The summed E-state index contributed by atoms with van der Waals surface area (Å²) in [6.45, 7) is 0.172. The zero-order chi connectivity index (χ0) is 21.1. The first-order chi connectivity index (χ1) is 14.6. The number of carbonyl (C=O) groups is 2. The Morgan fingerprint density at radius 2 is 2.13 bits per heavy atom. The van der Waals surface area contributed by atoms with Crippen molar-refractivity contribution in [2.75, 3.05) is 19.3 Å². The van der Waals surface area contributed by atoms with E-state index in [4.69, 9.17) is 0 Å². The Hall–Kier alpha value is -3.05. The van der Waals surface area contributed by atoms with Gasteiger partial charge < -0.3 is 10.6 Å². The van der Waals surface area contributed by atoms with Gasteiger partial charge in [0.25, 0.3) is 11.5 Å². The van der Waals surface area contributed by atoms with Crippen LogP contribution in [0, 0.1) is 11.8 Å². The minimum Gasteiger partial charge on any atom is -0.355 e. The minimum absolute atomic E-state index is 0.0147. The summed E-state index contributed by atoms with van der Waals surface area (Å²) in [7, 11) is 1.57. The summed E-state index contributed by atoms with van der Waals surface area (Å²) in [4.78, 5) is 41.7. The second-order valence-electron chi connectivity index (χ2n) is 7.22. The first-order valence-electron chi connectivity index (χ1n) is 9.92. The highest BCUT2D eigenvalue weighted by atomic mass is 32.2. The Balaban J connectivity index is 1.38. The van der Waals surface area contributed by atoms with Crippen LogP contribution in [0.5, 0.6) is 0 Å². The fourth-order valence-electron chi connectivity index (χ4n) is 3.80. The number of thioether (sulfide) groups is 1. The molecule has 1 atom stereocenters. The van der Waals surface area contributed by atoms with Gasteiger partial charge in [-0.25, -0.2) is 4.98 Å². The van der Waals surface area contributed by atoms with Crippen molar-refractivity contribution in [3.8, 4) is 11.8 Å². The molecule has 0 radical (unpaired) electrons. The average molecular weight is 423 g/mol. The van der Waals surface area contributed by atoms with Crippen molar-refractivity contribution in [3.05, 3.63) is 57.0 Å². The van der Waals surface area contributed by atoms with Crippen LogP contribution in [0.3, 0.4) is 0 Å². The van der Waals surface area contributed by atoms with E-state index in [1.807, 2.05) is 6.07 Å². The van der Waals surface area contributed by atoms with Gasteiger partial charge in [0.1, 0.15) is 0 Å². The lowest BCUT2D eigenvalue weighted by Gasteiger charge is -2.13. The molecule has 0 fully saturated rings. The van der Waals surface area contributed by atoms with Gasteiger partial charge in [-0.1, -0.05) is 35.7 Å². The monoisotopic (exact) mass is 422 g/mol. The van der Waals surface area contributed by atoms with E-state index in [0.717, 1.165) is 35.7 Å². The molecule has 8 heteroatoms. The molecule has 1 aromatic carbocycles. The number of aryl methyl sites for hydroxylation is 1. The third-order valence-corrected chi connectivity index (χ3v) is 6.39. The number of nitrogens with one attached hydrogen (secondary N) is 2. The molecule has 4 rings (SSSR count). The van der Waals surface area contributed by atoms with Crippen molar-refractivity contribution in [2.24, 2.45) is 0 Å². The zero-order valence-electron chi connectivity index (χ0n) is 16.7. The smallest absolute Gasteiger partial charge is 0.257 e. The lowest BCUT2D eigenvalue weighted by Crippen LogP contribution is -2.32. The predicted molar refractivity (Wildman–Crippen MR) is 115 cm³/mol. The first-order valence-corrected chi connectivity index (χ1v) is 10.9. The second kappa shape index (κ2) is 8.76. The van der Waals surface area contributed by atoms with Gasteiger partial charge in [-0.05, 0) is 31.4 Å². The Morgan fingerprint density at radius 1 is 1.30 bits per heavy atom. The van der Waals surface area contributed by atoms with E-state index in [0.29, 0.717) is 16.9 Å². The van der Waals surface area contributed by atoms with Crippen molar-refractivity contribution in [1.29, 1.82) is 0 Å². The Bertz CT molecular complexity index is 1130. The van der Waals surface area contributed by atoms with E-state index < -0.39 is 0 Å². The fraction of sp³-hybridized carbons (Fsp3) is 0.364. The number of benzene rings is 1. The molecule has 0 saturated carbocycles. The Morgan fingerprint density at radius 3 is 2.97 bits per heavy atom. The van der Waals surface area contributed by atoms with Gasteiger partial charge in [0.05, 0.1) is 23.8 Å². The maximum absolute atomic E-state index is 12.8. The van der Waals surface area contributed by atoms with Crippen LogP contribution < -0.4 is 16.2 Å². The number of nitrogens with zero attached hydrogens (tertiary/aromatic N) is 2. The summed E-state index contributed by atoms with van der Waals surface area (Å²) in [6.07, 6.45) is 2.83. The molecule has 0 bridgehead atoms. The molecule has 154 valence electrons. The molecule has 30 heavy (non-hydrogen) atoms. The number of hydrogen-bond donors (Lipinski definition) is 2. The van der Waals surface area contributed by atoms with Crippen LogP contribution >= 0.6 is 11.8 Å². The third kappa shape index (κ3) is 3.98. The molecule has 1 aliphatic carbocycles. The van der Waals surface area contributed by atoms with E-state index >= 15 is 0 Å². The largest absolute Gasteiger partial charge is 0.355 e. The summed E-state index contributed by atoms with van der Waals surface area (Å²) in [6, 6.07) is 6.88. The van der Waals surface area contributed by atoms with Crippen molar-refractivity contribution in [2.45, 2.75) is 36.9 Å². The molecule has 2 heterocycles. The fourth-order valence-corrected chi connectivity index (χ4v) is 4.95. The maximum atomic E-state index is 12.8. The van der Waals surface area contributed by atoms with Crippen molar-refractivity contribution in [3.63, 3.8) is 0 Å². The Labute approximate surface area is 178 Å². The normalized spacial score (nSPS) is 16.2. The van der Waals surface area contributed by atoms with Crippen molar-refractivity contribution < 1.29 is 9.59 Å². The van der Waals surface area contributed by atoms with E-state index in [1.165, 1.54) is 11.8 Å². The van der Waals surface area contributed by atoms with E-state index in [-0.39, 0.29) is 36.4 Å². The summed E-state index contributed by atoms with van der Waals surface area (Å²) in [5, 5.41) is 6.10. The molecule has 2 amide bonds. The average Bonchev–Trinajstić information content (AvgIpc) is 3.38. The molecule has 2 aromatic rings. The van der Waals surface area contributed by atoms with Gasteiger partial charge in [-0.15, -0.1) is 0 Å². The van der Waals surface area contributed by atoms with E-state index in [9.17, 15) is 14.4 Å². The summed E-state index contributed by atoms with van der Waals surface area (Å²) in [5.41, 5.74) is 2.86. The van der Waals surface area contributed by atoms with Crippen LogP contribution in [0.25, 0.3) is 0 Å². The number of rotatable bonds is 4. The topological polar surface area (TPSA) is 93.1 Å². The molecule has 7 nitrogen and oxygen atoms in total. The van der Waals surface area contributed by atoms with Crippen molar-refractivity contribution in [1.82, 2.24) is 20.2 Å². The van der Waals surface area contributed by atoms with Crippen LogP contribution in [-0.2, 0) is 17.6 Å². The molecular weight excluding hydrogens is 400 g/mol. The Kier molecular flexibility index (Phi) is 5.91. The molecule has 1 aliphatic heterocycles. The van der Waals surface area contributed by atoms with Crippen LogP contribution in [0.2, 0.25) is 0 Å². The summed E-state index contributed by atoms with van der Waals surface area (Å²) in [5.74, 6) is 6.14. The van der Waals surface area contributed by atoms with Gasteiger partial charge in [0, 0.05) is 30.3 Å². The third-order valence-electron chi connectivity index (χ3n) is 5.29. The number of hydrogen-bond acceptors (Lipinski definition) is 5. The van der Waals surface area contributed by atoms with Gasteiger partial charge in [0.2, 0.25) is 5.91 Å². The van der Waals surface area contributed by atoms with Crippen LogP contribution in [0.15, 0.2) is 34.2 Å². The standard InChI is InChI=1S/C22H22N4O3S/c1-23-20(28)16-8-3-2-6-14(16)7-5-11-24-19(27)12-15-13-30-22-25-18-10-4-9-17(18)21(29)26(15)22/h2-3,6,8,15H,4,9-13H2,1H3,(H,23,28)(H,24,27). The van der Waals surface area contributed by atoms with Crippen molar-refractivity contribution >= 4 is 23.6 Å². The zero-order valence-corrected chi connectivity index (χ0v) is 17.5. The lowest BCUT2D eigenvalue weighted by atomic mass is 10.1. The van der Waals surface area contributed by atoms with Crippen LogP contribution in [0.4, 0.5) is 0 Å². The molecular formula is C22H22N4O3S. The number of amides is 2. The predicted octanol–water partition coefficient (Wildman–Crippen LogP) is 1.30. The first kappa shape index (κ1) is 20.2. The van der Waals surface area contributed by atoms with Gasteiger partial charge in [-0.2, -0.15) is 0 Å². The number of fused-ring (bicyclic) bond motifs is 2. The lowest BCUT2D eigenvalue weighted by molar-refractivity contribution is -0.121. The molecule has 0 saturated heterocycles. The molecule has 2 N–H and O–H groups in total. The molecule has 0 spiro atoms. The SMILES string of the molecule is CNC(=O)c1ccccc1C#CCNC(=O)CC1CSc2nc3c(c(=O)n21)CCC3. The van der Waals surface area contributed by atoms with Gasteiger partial charge in [-0.3, -0.25) is 19.0 Å². The van der Waals surface area contributed by atoms with Gasteiger partial charge in [0.15, 0.2) is 5.16 Å². The highest BCUT2D eigenvalue weighted by Crippen LogP contribution is 2.33. The highest BCUT2D eigenvalue weighted by molar-refractivity contribution is 7.99. The van der Waals surface area contributed by atoms with Crippen LogP contribution in [-0.4, -0.2) is 40.7 Å². The minimum atomic E-state index is -0.202. The molecule has 1 aromatic heterocycles. The second-order valence-corrected chi connectivity index (χ2v) is 8.21. The van der Waals surface area contributed by atoms with Gasteiger partial charge >= 0.3 is 0 Å². The quantitative estimate of drug-likeness (QED) is 0.572. The molecule has 1 unspecified atom stereocenters. The molecule has 2 aliphatic rings. The highest BCUT2D eigenvalue weighted by Gasteiger charge is 2.30. The number of aromatic nitrogens is 2. The van der Waals surface area contributed by atoms with E-state index in [2.05, 4.69) is 27.5 Å². The summed E-state index contributed by atoms with van der Waals surface area (Å²) >= 11 is 1.54. The maximum Gasteiger partial charge on any atom is 0.257 e. The summed E-state index contributed by atoms with van der Waals surface area (Å²) < 4.78 is 1.69.